The highest BCUT2D eigenvalue weighted by Crippen LogP contribution is 2.26. The number of carbonyl (C=O) groups excluding carboxylic acids is 1. The minimum Gasteiger partial charge on any atom is -0.305 e. The molecule has 0 unspecified atom stereocenters. The third-order valence-electron chi connectivity index (χ3n) is 4.07. The number of carbonyl (C=O) groups is 1. The van der Waals surface area contributed by atoms with Crippen molar-refractivity contribution in [3.8, 4) is 11.4 Å². The van der Waals surface area contributed by atoms with E-state index in [1.165, 1.54) is 18.5 Å². The van der Waals surface area contributed by atoms with Gasteiger partial charge in [0.05, 0.1) is 23.6 Å². The molecule has 2 aromatic heterocycles. The fraction of sp³-hybridized carbons (Fsp3) is 0.143. The van der Waals surface area contributed by atoms with Gasteiger partial charge in [0, 0.05) is 13.9 Å². The number of rotatable bonds is 3. The SMILES string of the molecule is CC.Cn1nc2ccccc2c1-c1cnc(NC(=O)c2c(F)cccc2F)cn1.[HH]. The third-order valence-corrected chi connectivity index (χ3v) is 4.07. The molecule has 29 heavy (non-hydrogen) atoms. The van der Waals surface area contributed by atoms with Gasteiger partial charge in [-0.15, -0.1) is 0 Å². The standard InChI is InChI=1S/C19H13F2N5O.C2H6.H2/c1-26-18(11-5-2-3-8-14(11)25-26)15-9-23-16(10-22-15)24-19(27)17-12(20)6-4-7-13(17)21;1-2;/h2-10H,1H3,(H,23,24,27);1-2H3;1H. The number of hydrogen-bond donors (Lipinski definition) is 1. The van der Waals surface area contributed by atoms with Crippen LogP contribution in [-0.4, -0.2) is 25.7 Å². The number of aromatic nitrogens is 4. The smallest absolute Gasteiger partial charge is 0.262 e. The summed E-state index contributed by atoms with van der Waals surface area (Å²) in [5, 5.41) is 7.68. The molecule has 4 rings (SSSR count). The van der Waals surface area contributed by atoms with Crippen molar-refractivity contribution in [2.75, 3.05) is 5.32 Å². The molecule has 0 fully saturated rings. The Morgan fingerprint density at radius 2 is 1.69 bits per heavy atom. The van der Waals surface area contributed by atoms with E-state index in [2.05, 4.69) is 20.4 Å². The summed E-state index contributed by atoms with van der Waals surface area (Å²) >= 11 is 0. The zero-order valence-corrected chi connectivity index (χ0v) is 16.1. The second-order valence-electron chi connectivity index (χ2n) is 5.83. The van der Waals surface area contributed by atoms with Gasteiger partial charge in [0.1, 0.15) is 22.9 Å². The average Bonchev–Trinajstić information content (AvgIpc) is 3.06. The summed E-state index contributed by atoms with van der Waals surface area (Å²) in [6, 6.07) is 10.8. The van der Waals surface area contributed by atoms with Gasteiger partial charge in [0.25, 0.3) is 5.91 Å². The molecule has 4 aromatic rings. The molecule has 0 radical (unpaired) electrons. The zero-order chi connectivity index (χ0) is 21.0. The van der Waals surface area contributed by atoms with Crippen LogP contribution in [0.2, 0.25) is 0 Å². The molecule has 1 N–H and O–H groups in total. The lowest BCUT2D eigenvalue weighted by Crippen LogP contribution is -2.16. The van der Waals surface area contributed by atoms with Crippen LogP contribution in [0.5, 0.6) is 0 Å². The van der Waals surface area contributed by atoms with Crippen molar-refractivity contribution in [1.29, 1.82) is 0 Å². The van der Waals surface area contributed by atoms with Crippen molar-refractivity contribution in [1.82, 2.24) is 19.7 Å². The van der Waals surface area contributed by atoms with E-state index in [-0.39, 0.29) is 7.24 Å². The molecule has 0 atom stereocenters. The first-order valence-corrected chi connectivity index (χ1v) is 9.04. The summed E-state index contributed by atoms with van der Waals surface area (Å²) in [5.74, 6) is -2.74. The van der Waals surface area contributed by atoms with Gasteiger partial charge in [-0.3, -0.25) is 9.48 Å². The van der Waals surface area contributed by atoms with Gasteiger partial charge < -0.3 is 5.32 Å². The van der Waals surface area contributed by atoms with E-state index in [1.54, 1.807) is 11.7 Å². The third kappa shape index (κ3) is 3.96. The summed E-state index contributed by atoms with van der Waals surface area (Å²) in [6.45, 7) is 4.00. The predicted molar refractivity (Wildman–Crippen MR) is 110 cm³/mol. The van der Waals surface area contributed by atoms with Crippen LogP contribution in [0.15, 0.2) is 54.9 Å². The van der Waals surface area contributed by atoms with Gasteiger partial charge in [-0.2, -0.15) is 5.10 Å². The predicted octanol–water partition coefficient (Wildman–Crippen LogP) is 4.83. The number of aryl methyl sites for hydroxylation is 1. The Labute approximate surface area is 167 Å². The normalized spacial score (nSPS) is 10.4. The maximum Gasteiger partial charge on any atom is 0.262 e. The van der Waals surface area contributed by atoms with Gasteiger partial charge in [0.2, 0.25) is 0 Å². The van der Waals surface area contributed by atoms with Crippen LogP contribution in [0.25, 0.3) is 22.3 Å². The maximum atomic E-state index is 13.7. The van der Waals surface area contributed by atoms with Crippen molar-refractivity contribution < 1.29 is 15.0 Å². The molecule has 1 amide bonds. The van der Waals surface area contributed by atoms with Crippen LogP contribution in [-0.2, 0) is 7.05 Å². The number of benzene rings is 2. The summed E-state index contributed by atoms with van der Waals surface area (Å²) in [6.07, 6.45) is 2.80. The molecule has 6 nitrogen and oxygen atoms in total. The first-order chi connectivity index (χ1) is 14.0. The monoisotopic (exact) mass is 397 g/mol. The molecule has 8 heteroatoms. The van der Waals surface area contributed by atoms with Crippen molar-refractivity contribution in [3.63, 3.8) is 0 Å². The largest absolute Gasteiger partial charge is 0.305 e. The van der Waals surface area contributed by atoms with Gasteiger partial charge in [-0.25, -0.2) is 18.7 Å². The van der Waals surface area contributed by atoms with Gasteiger partial charge in [0.15, 0.2) is 5.82 Å². The highest BCUT2D eigenvalue weighted by atomic mass is 19.1. The molecule has 2 aromatic carbocycles. The lowest BCUT2D eigenvalue weighted by atomic mass is 10.1. The first-order valence-electron chi connectivity index (χ1n) is 9.04. The lowest BCUT2D eigenvalue weighted by molar-refractivity contribution is 0.101. The molecule has 150 valence electrons. The molecule has 0 aliphatic carbocycles. The quantitative estimate of drug-likeness (QED) is 0.537. The van der Waals surface area contributed by atoms with E-state index >= 15 is 0 Å². The molecule has 0 aliphatic heterocycles. The van der Waals surface area contributed by atoms with E-state index in [9.17, 15) is 13.6 Å². The zero-order valence-electron chi connectivity index (χ0n) is 16.1. The average molecular weight is 397 g/mol. The van der Waals surface area contributed by atoms with Crippen LogP contribution in [0.3, 0.4) is 0 Å². The number of nitrogens with zero attached hydrogens (tertiary/aromatic N) is 4. The van der Waals surface area contributed by atoms with E-state index in [0.29, 0.717) is 5.69 Å². The highest BCUT2D eigenvalue weighted by molar-refractivity contribution is 6.04. The molecule has 2 heterocycles. The lowest BCUT2D eigenvalue weighted by Gasteiger charge is -2.07. The van der Waals surface area contributed by atoms with Gasteiger partial charge in [-0.05, 0) is 18.2 Å². The van der Waals surface area contributed by atoms with Gasteiger partial charge in [-0.1, -0.05) is 38.1 Å². The first kappa shape index (κ1) is 20.1. The number of amides is 1. The van der Waals surface area contributed by atoms with E-state index in [4.69, 9.17) is 0 Å². The van der Waals surface area contributed by atoms with E-state index < -0.39 is 23.1 Å². The van der Waals surface area contributed by atoms with Crippen molar-refractivity contribution >= 4 is 22.6 Å². The van der Waals surface area contributed by atoms with Crippen molar-refractivity contribution in [3.05, 3.63) is 72.1 Å². The molecule has 0 aliphatic rings. The minimum atomic E-state index is -0.946. The topological polar surface area (TPSA) is 72.7 Å². The van der Waals surface area contributed by atoms with Crippen LogP contribution in [0.4, 0.5) is 14.6 Å². The summed E-state index contributed by atoms with van der Waals surface area (Å²) in [5.41, 5.74) is 1.49. The maximum absolute atomic E-state index is 13.7. The highest BCUT2D eigenvalue weighted by Gasteiger charge is 2.18. The summed E-state index contributed by atoms with van der Waals surface area (Å²) in [7, 11) is 1.80. The second-order valence-corrected chi connectivity index (χ2v) is 5.83. The van der Waals surface area contributed by atoms with E-state index in [0.717, 1.165) is 28.7 Å². The summed E-state index contributed by atoms with van der Waals surface area (Å²) in [4.78, 5) is 20.6. The Kier molecular flexibility index (Phi) is 5.92. The Morgan fingerprint density at radius 1 is 1.00 bits per heavy atom. The molecule has 0 saturated carbocycles. The van der Waals surface area contributed by atoms with Crippen molar-refractivity contribution in [2.24, 2.45) is 7.05 Å². The molecule has 0 saturated heterocycles. The Balaban J connectivity index is 0.00000104. The molecule has 0 spiro atoms. The Morgan fingerprint density at radius 3 is 2.34 bits per heavy atom. The fourth-order valence-corrected chi connectivity index (χ4v) is 2.86. The minimum absolute atomic E-state index is 0. The second kappa shape index (κ2) is 8.55. The van der Waals surface area contributed by atoms with Crippen molar-refractivity contribution in [2.45, 2.75) is 13.8 Å². The Hall–Kier alpha value is -3.68. The van der Waals surface area contributed by atoms with E-state index in [1.807, 2.05) is 38.1 Å². The number of halogens is 2. The fourth-order valence-electron chi connectivity index (χ4n) is 2.86. The number of anilines is 1. The van der Waals surface area contributed by atoms with Gasteiger partial charge >= 0.3 is 0 Å². The number of fused-ring (bicyclic) bond motifs is 1. The van der Waals surface area contributed by atoms with Crippen LogP contribution in [0, 0.1) is 11.6 Å². The van der Waals surface area contributed by atoms with Crippen LogP contribution >= 0.6 is 0 Å². The molecular formula is C21H21F2N5O. The Bertz CT molecular complexity index is 1140. The molecular weight excluding hydrogens is 376 g/mol. The summed E-state index contributed by atoms with van der Waals surface area (Å²) < 4.78 is 29.1. The molecule has 0 bridgehead atoms. The number of hydrogen-bond acceptors (Lipinski definition) is 4. The number of nitrogens with one attached hydrogen (secondary N) is 1. The van der Waals surface area contributed by atoms with Crippen LogP contribution < -0.4 is 5.32 Å². The van der Waals surface area contributed by atoms with Crippen LogP contribution in [0.1, 0.15) is 25.6 Å².